The summed E-state index contributed by atoms with van der Waals surface area (Å²) >= 11 is 0. The van der Waals surface area contributed by atoms with E-state index in [1.165, 1.54) is 50.5 Å². The van der Waals surface area contributed by atoms with Crippen molar-refractivity contribution in [1.82, 2.24) is 0 Å². The minimum Gasteiger partial charge on any atom is -0.0999 e. The van der Waals surface area contributed by atoms with E-state index in [2.05, 4.69) is 13.5 Å². The van der Waals surface area contributed by atoms with Crippen LogP contribution in [0.3, 0.4) is 0 Å². The molecule has 1 fully saturated rings. The summed E-state index contributed by atoms with van der Waals surface area (Å²) in [4.78, 5) is 0. The molecule has 0 amide bonds. The molecule has 1 aliphatic rings. The summed E-state index contributed by atoms with van der Waals surface area (Å²) in [5.41, 5.74) is 1.48. The van der Waals surface area contributed by atoms with Crippen molar-refractivity contribution in [1.29, 1.82) is 0 Å². The fourth-order valence-electron chi connectivity index (χ4n) is 1.87. The monoisotopic (exact) mass is 152 g/mol. The van der Waals surface area contributed by atoms with Gasteiger partial charge in [-0.1, -0.05) is 38.3 Å². The van der Waals surface area contributed by atoms with Crippen molar-refractivity contribution in [2.24, 2.45) is 5.92 Å². The van der Waals surface area contributed by atoms with Gasteiger partial charge in [-0.05, 0) is 31.6 Å². The van der Waals surface area contributed by atoms with Crippen LogP contribution >= 0.6 is 0 Å². The number of rotatable bonds is 3. The fraction of sp³-hybridized carbons (Fsp3) is 0.818. The summed E-state index contributed by atoms with van der Waals surface area (Å²) in [5, 5.41) is 0. The topological polar surface area (TPSA) is 0 Å². The van der Waals surface area contributed by atoms with Gasteiger partial charge in [0, 0.05) is 0 Å². The Morgan fingerprint density at radius 2 is 2.00 bits per heavy atom. The van der Waals surface area contributed by atoms with E-state index in [0.717, 1.165) is 5.92 Å². The molecule has 0 aromatic rings. The van der Waals surface area contributed by atoms with Gasteiger partial charge in [0.15, 0.2) is 0 Å². The second kappa shape index (κ2) is 4.58. The average molecular weight is 152 g/mol. The van der Waals surface area contributed by atoms with Crippen LogP contribution in [0.15, 0.2) is 12.2 Å². The Labute approximate surface area is 70.7 Å². The van der Waals surface area contributed by atoms with Gasteiger partial charge in [0.25, 0.3) is 0 Å². The van der Waals surface area contributed by atoms with Gasteiger partial charge in [0.05, 0.1) is 0 Å². The standard InChI is InChI=1S/C11H20/c1-3-4-5-11-8-6-10(2)7-9-11/h11H,2-9H2,1H3. The van der Waals surface area contributed by atoms with Gasteiger partial charge in [-0.3, -0.25) is 0 Å². The maximum absolute atomic E-state index is 4.03. The SMILES string of the molecule is C=C1CCC(CCCC)CC1. The molecule has 1 rings (SSSR count). The molecule has 0 aromatic heterocycles. The largest absolute Gasteiger partial charge is 0.0999 e. The first-order valence-corrected chi connectivity index (χ1v) is 4.99. The first-order valence-electron chi connectivity index (χ1n) is 4.99. The van der Waals surface area contributed by atoms with Crippen LogP contribution in [-0.4, -0.2) is 0 Å². The molecule has 0 nitrogen and oxygen atoms in total. The number of allylic oxidation sites excluding steroid dienone is 1. The molecule has 0 heterocycles. The molecule has 1 aliphatic carbocycles. The van der Waals surface area contributed by atoms with Crippen molar-refractivity contribution in [2.75, 3.05) is 0 Å². The number of hydrogen-bond donors (Lipinski definition) is 0. The summed E-state index contributed by atoms with van der Waals surface area (Å²) in [6, 6.07) is 0. The van der Waals surface area contributed by atoms with Gasteiger partial charge in [-0.2, -0.15) is 0 Å². The highest BCUT2D eigenvalue weighted by Gasteiger charge is 2.14. The molecule has 1 saturated carbocycles. The zero-order valence-electron chi connectivity index (χ0n) is 7.73. The molecule has 0 radical (unpaired) electrons. The lowest BCUT2D eigenvalue weighted by Crippen LogP contribution is -2.07. The van der Waals surface area contributed by atoms with Gasteiger partial charge in [-0.25, -0.2) is 0 Å². The molecular formula is C11H20. The summed E-state index contributed by atoms with van der Waals surface area (Å²) in [7, 11) is 0. The van der Waals surface area contributed by atoms with E-state index < -0.39 is 0 Å². The third kappa shape index (κ3) is 3.09. The van der Waals surface area contributed by atoms with Crippen LogP contribution in [0.1, 0.15) is 51.9 Å². The molecule has 0 aliphatic heterocycles. The third-order valence-corrected chi connectivity index (χ3v) is 2.78. The summed E-state index contributed by atoms with van der Waals surface area (Å²) in [6.07, 6.45) is 9.68. The van der Waals surface area contributed by atoms with Gasteiger partial charge in [0.2, 0.25) is 0 Å². The minimum absolute atomic E-state index is 1.03. The quantitative estimate of drug-likeness (QED) is 0.538. The Morgan fingerprint density at radius 1 is 1.36 bits per heavy atom. The van der Waals surface area contributed by atoms with Crippen LogP contribution in [0.2, 0.25) is 0 Å². The van der Waals surface area contributed by atoms with Crippen molar-refractivity contribution >= 4 is 0 Å². The number of unbranched alkanes of at least 4 members (excludes halogenated alkanes) is 1. The third-order valence-electron chi connectivity index (χ3n) is 2.78. The summed E-state index contributed by atoms with van der Waals surface area (Å²) < 4.78 is 0. The molecule has 0 aromatic carbocycles. The predicted octanol–water partition coefficient (Wildman–Crippen LogP) is 3.92. The van der Waals surface area contributed by atoms with Gasteiger partial charge < -0.3 is 0 Å². The highest BCUT2D eigenvalue weighted by molar-refractivity contribution is 4.98. The molecular weight excluding hydrogens is 132 g/mol. The lowest BCUT2D eigenvalue weighted by molar-refractivity contribution is 0.373. The normalized spacial score (nSPS) is 20.6. The molecule has 64 valence electrons. The van der Waals surface area contributed by atoms with Crippen molar-refractivity contribution in [3.8, 4) is 0 Å². The van der Waals surface area contributed by atoms with Crippen molar-refractivity contribution < 1.29 is 0 Å². The Bertz CT molecular complexity index is 114. The maximum Gasteiger partial charge on any atom is -0.0320 e. The van der Waals surface area contributed by atoms with Crippen LogP contribution in [0.4, 0.5) is 0 Å². The van der Waals surface area contributed by atoms with Crippen LogP contribution in [0.25, 0.3) is 0 Å². The average Bonchev–Trinajstić information content (AvgIpc) is 2.04. The van der Waals surface area contributed by atoms with E-state index in [-0.39, 0.29) is 0 Å². The fourth-order valence-corrected chi connectivity index (χ4v) is 1.87. The molecule has 0 heteroatoms. The Kier molecular flexibility index (Phi) is 3.68. The second-order valence-corrected chi connectivity index (χ2v) is 3.84. The van der Waals surface area contributed by atoms with E-state index in [1.54, 1.807) is 0 Å². The zero-order valence-corrected chi connectivity index (χ0v) is 7.73. The Hall–Kier alpha value is -0.260. The van der Waals surface area contributed by atoms with Gasteiger partial charge >= 0.3 is 0 Å². The second-order valence-electron chi connectivity index (χ2n) is 3.84. The summed E-state index contributed by atoms with van der Waals surface area (Å²) in [6.45, 7) is 6.31. The highest BCUT2D eigenvalue weighted by atomic mass is 14.2. The van der Waals surface area contributed by atoms with Crippen molar-refractivity contribution in [3.63, 3.8) is 0 Å². The zero-order chi connectivity index (χ0) is 8.10. The lowest BCUT2D eigenvalue weighted by atomic mass is 9.84. The molecule has 0 atom stereocenters. The first-order chi connectivity index (χ1) is 5.33. The Morgan fingerprint density at radius 3 is 2.55 bits per heavy atom. The molecule has 0 bridgehead atoms. The molecule has 0 saturated heterocycles. The molecule has 0 N–H and O–H groups in total. The molecule has 0 unspecified atom stereocenters. The van der Waals surface area contributed by atoms with E-state index in [0.29, 0.717) is 0 Å². The van der Waals surface area contributed by atoms with Crippen molar-refractivity contribution in [3.05, 3.63) is 12.2 Å². The van der Waals surface area contributed by atoms with Crippen LogP contribution < -0.4 is 0 Å². The van der Waals surface area contributed by atoms with E-state index >= 15 is 0 Å². The van der Waals surface area contributed by atoms with Gasteiger partial charge in [-0.15, -0.1) is 0 Å². The first kappa shape index (κ1) is 8.83. The molecule has 0 spiro atoms. The predicted molar refractivity (Wildman–Crippen MR) is 50.6 cm³/mol. The number of hydrogen-bond acceptors (Lipinski definition) is 0. The smallest absolute Gasteiger partial charge is 0.0320 e. The van der Waals surface area contributed by atoms with E-state index in [4.69, 9.17) is 0 Å². The van der Waals surface area contributed by atoms with Gasteiger partial charge in [0.1, 0.15) is 0 Å². The maximum atomic E-state index is 4.03. The lowest BCUT2D eigenvalue weighted by Gasteiger charge is -2.22. The van der Waals surface area contributed by atoms with Crippen LogP contribution in [-0.2, 0) is 0 Å². The summed E-state index contributed by atoms with van der Waals surface area (Å²) in [5.74, 6) is 1.03. The molecule has 11 heavy (non-hydrogen) atoms. The Balaban J connectivity index is 2.12. The van der Waals surface area contributed by atoms with Crippen LogP contribution in [0.5, 0.6) is 0 Å². The van der Waals surface area contributed by atoms with Crippen LogP contribution in [0, 0.1) is 5.92 Å². The minimum atomic E-state index is 1.03. The van der Waals surface area contributed by atoms with Crippen molar-refractivity contribution in [2.45, 2.75) is 51.9 Å². The highest BCUT2D eigenvalue weighted by Crippen LogP contribution is 2.30. The van der Waals surface area contributed by atoms with E-state index in [9.17, 15) is 0 Å². The van der Waals surface area contributed by atoms with E-state index in [1.807, 2.05) is 0 Å².